The maximum absolute atomic E-state index is 13.2. The Kier molecular flexibility index (Phi) is 6.03. The molecule has 2 aromatic rings. The SMILES string of the molecule is CCOC(=O)C(Cc1cc(C(F)(F)F)cc(C(F)(F)F)c1)N1C(=O)c2ccccc2C1=O. The number of rotatable bonds is 5. The van der Waals surface area contributed by atoms with Crippen molar-refractivity contribution in [3.8, 4) is 0 Å². The van der Waals surface area contributed by atoms with Crippen LogP contribution in [-0.2, 0) is 28.3 Å². The molecule has 1 aliphatic rings. The molecule has 1 unspecified atom stereocenters. The molecule has 32 heavy (non-hydrogen) atoms. The first-order chi connectivity index (χ1) is 14.8. The van der Waals surface area contributed by atoms with Crippen LogP contribution >= 0.6 is 0 Å². The van der Waals surface area contributed by atoms with Gasteiger partial charge in [0.15, 0.2) is 0 Å². The Morgan fingerprint density at radius 2 is 1.38 bits per heavy atom. The molecule has 0 bridgehead atoms. The van der Waals surface area contributed by atoms with E-state index in [9.17, 15) is 40.7 Å². The molecule has 11 heteroatoms. The average Bonchev–Trinajstić information content (AvgIpc) is 2.95. The largest absolute Gasteiger partial charge is 0.464 e. The number of hydrogen-bond donors (Lipinski definition) is 0. The van der Waals surface area contributed by atoms with Gasteiger partial charge in [0, 0.05) is 6.42 Å². The molecule has 0 spiro atoms. The lowest BCUT2D eigenvalue weighted by molar-refractivity contribution is -0.147. The Bertz CT molecular complexity index is 1010. The highest BCUT2D eigenvalue weighted by atomic mass is 19.4. The van der Waals surface area contributed by atoms with E-state index in [1.54, 1.807) is 0 Å². The summed E-state index contributed by atoms with van der Waals surface area (Å²) in [7, 11) is 0. The van der Waals surface area contributed by atoms with E-state index >= 15 is 0 Å². The topological polar surface area (TPSA) is 63.7 Å². The molecule has 3 rings (SSSR count). The fraction of sp³-hybridized carbons (Fsp3) is 0.286. The zero-order chi connectivity index (χ0) is 23.8. The summed E-state index contributed by atoms with van der Waals surface area (Å²) in [4.78, 5) is 38.5. The van der Waals surface area contributed by atoms with Gasteiger partial charge in [-0.3, -0.25) is 14.5 Å². The highest BCUT2D eigenvalue weighted by molar-refractivity contribution is 6.22. The zero-order valence-electron chi connectivity index (χ0n) is 16.4. The Hall–Kier alpha value is -3.37. The molecular weight excluding hydrogens is 444 g/mol. The van der Waals surface area contributed by atoms with E-state index in [0.717, 1.165) is 0 Å². The van der Waals surface area contributed by atoms with Crippen LogP contribution in [-0.4, -0.2) is 35.3 Å². The summed E-state index contributed by atoms with van der Waals surface area (Å²) in [6.45, 7) is 1.23. The van der Waals surface area contributed by atoms with E-state index in [-0.39, 0.29) is 23.8 Å². The third kappa shape index (κ3) is 4.46. The molecule has 1 aliphatic heterocycles. The molecule has 0 saturated carbocycles. The quantitative estimate of drug-likeness (QED) is 0.376. The number of ether oxygens (including phenoxy) is 1. The third-order valence-corrected chi connectivity index (χ3v) is 4.77. The molecule has 0 N–H and O–H groups in total. The van der Waals surface area contributed by atoms with Gasteiger partial charge in [0.1, 0.15) is 6.04 Å². The number of alkyl halides is 6. The van der Waals surface area contributed by atoms with Crippen molar-refractivity contribution in [3.05, 3.63) is 70.3 Å². The van der Waals surface area contributed by atoms with Crippen LogP contribution in [0, 0.1) is 0 Å². The molecule has 0 radical (unpaired) electrons. The van der Waals surface area contributed by atoms with E-state index in [1.165, 1.54) is 31.2 Å². The molecule has 0 saturated heterocycles. The van der Waals surface area contributed by atoms with Crippen LogP contribution < -0.4 is 0 Å². The van der Waals surface area contributed by atoms with Gasteiger partial charge in [-0.1, -0.05) is 12.1 Å². The molecular formula is C21H15F6NO4. The summed E-state index contributed by atoms with van der Waals surface area (Å²) in [5.41, 5.74) is -3.76. The third-order valence-electron chi connectivity index (χ3n) is 4.77. The van der Waals surface area contributed by atoms with E-state index in [2.05, 4.69) is 0 Å². The lowest BCUT2D eigenvalue weighted by Gasteiger charge is -2.25. The predicted molar refractivity (Wildman–Crippen MR) is 97.5 cm³/mol. The molecule has 1 atom stereocenters. The van der Waals surface area contributed by atoms with E-state index < -0.39 is 59.3 Å². The van der Waals surface area contributed by atoms with Crippen molar-refractivity contribution in [2.45, 2.75) is 31.7 Å². The van der Waals surface area contributed by atoms with Crippen LogP contribution in [0.4, 0.5) is 26.3 Å². The van der Waals surface area contributed by atoms with Gasteiger partial charge in [-0.05, 0) is 42.8 Å². The number of amides is 2. The fourth-order valence-corrected chi connectivity index (χ4v) is 3.37. The Balaban J connectivity index is 2.07. The first-order valence-corrected chi connectivity index (χ1v) is 9.26. The summed E-state index contributed by atoms with van der Waals surface area (Å²) >= 11 is 0. The van der Waals surface area contributed by atoms with E-state index in [0.29, 0.717) is 17.0 Å². The predicted octanol–water partition coefficient (Wildman–Crippen LogP) is 4.49. The van der Waals surface area contributed by atoms with Gasteiger partial charge < -0.3 is 4.74 Å². The van der Waals surface area contributed by atoms with Crippen LogP contribution in [0.25, 0.3) is 0 Å². The molecule has 0 aromatic heterocycles. The first-order valence-electron chi connectivity index (χ1n) is 9.26. The standard InChI is InChI=1S/C21H15F6NO4/c1-2-32-19(31)16(28-17(29)14-5-3-4-6-15(14)18(28)30)9-11-7-12(20(22,23)24)10-13(8-11)21(25,26)27/h3-8,10,16H,2,9H2,1H3. The van der Waals surface area contributed by atoms with Crippen molar-refractivity contribution in [3.63, 3.8) is 0 Å². The number of benzene rings is 2. The monoisotopic (exact) mass is 459 g/mol. The minimum absolute atomic E-state index is 0.0354. The summed E-state index contributed by atoms with van der Waals surface area (Å²) in [5, 5.41) is 0. The van der Waals surface area contributed by atoms with Gasteiger partial charge in [0.05, 0.1) is 28.9 Å². The molecule has 5 nitrogen and oxygen atoms in total. The molecule has 2 aromatic carbocycles. The summed E-state index contributed by atoms with van der Waals surface area (Å²) in [6, 6.07) is 4.66. The Morgan fingerprint density at radius 1 is 0.906 bits per heavy atom. The van der Waals surface area contributed by atoms with Crippen LogP contribution in [0.3, 0.4) is 0 Å². The molecule has 2 amide bonds. The second kappa shape index (κ2) is 8.29. The number of carbonyl (C=O) groups is 3. The number of nitrogens with zero attached hydrogens (tertiary/aromatic N) is 1. The van der Waals surface area contributed by atoms with Crippen molar-refractivity contribution in [2.24, 2.45) is 0 Å². The van der Waals surface area contributed by atoms with Gasteiger partial charge in [-0.2, -0.15) is 26.3 Å². The minimum atomic E-state index is -5.09. The van der Waals surface area contributed by atoms with Crippen LogP contribution in [0.5, 0.6) is 0 Å². The molecule has 170 valence electrons. The van der Waals surface area contributed by atoms with Gasteiger partial charge in [0.2, 0.25) is 0 Å². The number of hydrogen-bond acceptors (Lipinski definition) is 4. The summed E-state index contributed by atoms with van der Waals surface area (Å²) in [6.07, 6.45) is -11.0. The van der Waals surface area contributed by atoms with Crippen molar-refractivity contribution >= 4 is 17.8 Å². The van der Waals surface area contributed by atoms with Crippen molar-refractivity contribution in [2.75, 3.05) is 6.61 Å². The van der Waals surface area contributed by atoms with E-state index in [4.69, 9.17) is 4.74 Å². The normalized spacial score (nSPS) is 15.0. The number of fused-ring (bicyclic) bond motifs is 1. The molecule has 0 aliphatic carbocycles. The van der Waals surface area contributed by atoms with E-state index in [1.807, 2.05) is 0 Å². The van der Waals surface area contributed by atoms with Crippen molar-refractivity contribution < 1.29 is 45.5 Å². The highest BCUT2D eigenvalue weighted by Gasteiger charge is 2.44. The summed E-state index contributed by atoms with van der Waals surface area (Å²) in [5.74, 6) is -2.92. The van der Waals surface area contributed by atoms with Gasteiger partial charge in [-0.15, -0.1) is 0 Å². The van der Waals surface area contributed by atoms with Gasteiger partial charge in [0.25, 0.3) is 11.8 Å². The lowest BCUT2D eigenvalue weighted by atomic mass is 9.98. The number of carbonyl (C=O) groups excluding carboxylic acids is 3. The Morgan fingerprint density at radius 3 is 1.78 bits per heavy atom. The van der Waals surface area contributed by atoms with Gasteiger partial charge >= 0.3 is 18.3 Å². The number of halogens is 6. The highest BCUT2D eigenvalue weighted by Crippen LogP contribution is 2.37. The second-order valence-corrected chi connectivity index (χ2v) is 6.91. The summed E-state index contributed by atoms with van der Waals surface area (Å²) < 4.78 is 83.9. The zero-order valence-corrected chi connectivity index (χ0v) is 16.4. The van der Waals surface area contributed by atoms with Crippen LogP contribution in [0.1, 0.15) is 44.3 Å². The molecule has 1 heterocycles. The first kappa shape index (κ1) is 23.3. The van der Waals surface area contributed by atoms with Crippen LogP contribution in [0.15, 0.2) is 42.5 Å². The average molecular weight is 459 g/mol. The Labute approximate surface area is 177 Å². The number of imide groups is 1. The molecule has 0 fully saturated rings. The van der Waals surface area contributed by atoms with Crippen molar-refractivity contribution in [1.82, 2.24) is 4.90 Å². The minimum Gasteiger partial charge on any atom is -0.464 e. The fourth-order valence-electron chi connectivity index (χ4n) is 3.37. The lowest BCUT2D eigenvalue weighted by Crippen LogP contribution is -2.47. The van der Waals surface area contributed by atoms with Crippen LogP contribution in [0.2, 0.25) is 0 Å². The maximum Gasteiger partial charge on any atom is 0.416 e. The second-order valence-electron chi connectivity index (χ2n) is 6.91. The smallest absolute Gasteiger partial charge is 0.416 e. The van der Waals surface area contributed by atoms with Crippen molar-refractivity contribution in [1.29, 1.82) is 0 Å². The van der Waals surface area contributed by atoms with Gasteiger partial charge in [-0.25, -0.2) is 4.79 Å². The maximum atomic E-state index is 13.2. The number of esters is 1.